The third kappa shape index (κ3) is 6.83. The Labute approximate surface area is 324 Å². The molecule has 9 rings (SSSR count). The second-order valence-electron chi connectivity index (χ2n) is 15.3. The standard InChI is InChI=1S/C41H37F4N7O5/c1-55-38-31(19-51-13-11-24(53)18-51)47-36(41(43,44)45)39(49-38)56-32-9-8-26-25(4-2-5-27(26)32)28-6-3-7-29(34(28)42)37-48-30-15-22(14-23(16-46)35(30)57-37)17-52-20-40(21-52)12-10-33(54)50-40/h2-7,14-15,24,32,53H,8-13,17-21H2,1H3,(H,50,54)/t24-,32-/m1/s1. The van der Waals surface area contributed by atoms with Crippen LogP contribution < -0.4 is 14.8 Å². The number of hydrogen-bond donors (Lipinski definition) is 2. The first kappa shape index (κ1) is 37.0. The SMILES string of the molecule is COc1nc(O[C@@H]2CCc3c(-c4cccc(-c5nc6cc(CN7CC8(CCC(=O)N8)C7)cc(C#N)c6o5)c4F)cccc32)c(C(F)(F)F)nc1CN1CC[C@@H](O)C1. The predicted molar refractivity (Wildman–Crippen MR) is 196 cm³/mol. The summed E-state index contributed by atoms with van der Waals surface area (Å²) in [5, 5.41) is 23.0. The molecule has 2 atom stereocenters. The Balaban J connectivity index is 0.986. The first-order valence-corrected chi connectivity index (χ1v) is 18.8. The average Bonchev–Trinajstić information content (AvgIpc) is 3.98. The summed E-state index contributed by atoms with van der Waals surface area (Å²) in [6.45, 7) is 2.80. The van der Waals surface area contributed by atoms with E-state index in [1.54, 1.807) is 47.4 Å². The highest BCUT2D eigenvalue weighted by molar-refractivity contribution is 5.84. The molecule has 57 heavy (non-hydrogen) atoms. The molecule has 1 amide bonds. The van der Waals surface area contributed by atoms with Crippen LogP contribution in [0.4, 0.5) is 17.6 Å². The minimum atomic E-state index is -4.88. The summed E-state index contributed by atoms with van der Waals surface area (Å²) in [6, 6.07) is 15.8. The van der Waals surface area contributed by atoms with Gasteiger partial charge in [0.05, 0.1) is 29.9 Å². The Kier molecular flexibility index (Phi) is 9.14. The number of carbonyl (C=O) groups excluding carboxylic acids is 1. The van der Waals surface area contributed by atoms with Crippen molar-refractivity contribution in [2.24, 2.45) is 0 Å². The number of likely N-dealkylation sites (tertiary alicyclic amines) is 2. The van der Waals surface area contributed by atoms with Crippen molar-refractivity contribution in [2.45, 2.75) is 69.1 Å². The normalized spacial score (nSPS) is 20.5. The van der Waals surface area contributed by atoms with Crippen LogP contribution in [-0.2, 0) is 30.5 Å². The number of β-amino-alcohol motifs (C(OH)–C–C–N with tert-alkyl or cyclic N) is 1. The van der Waals surface area contributed by atoms with E-state index in [2.05, 4.69) is 31.2 Å². The number of rotatable bonds is 9. The lowest BCUT2D eigenvalue weighted by Gasteiger charge is -2.48. The van der Waals surface area contributed by atoms with Gasteiger partial charge in [0.1, 0.15) is 29.2 Å². The quantitative estimate of drug-likeness (QED) is 0.167. The van der Waals surface area contributed by atoms with Crippen LogP contribution in [0.15, 0.2) is 52.9 Å². The minimum Gasteiger partial charge on any atom is -0.480 e. The molecule has 0 saturated carbocycles. The second-order valence-corrected chi connectivity index (χ2v) is 15.3. The minimum absolute atomic E-state index is 0.0000779. The number of methoxy groups -OCH3 is 1. The number of halogens is 4. The molecule has 3 fully saturated rings. The van der Waals surface area contributed by atoms with Crippen molar-refractivity contribution < 1.29 is 41.4 Å². The summed E-state index contributed by atoms with van der Waals surface area (Å²) in [7, 11) is 1.30. The van der Waals surface area contributed by atoms with E-state index in [1.807, 2.05) is 6.07 Å². The van der Waals surface area contributed by atoms with E-state index in [-0.39, 0.29) is 57.7 Å². The van der Waals surface area contributed by atoms with Crippen molar-refractivity contribution in [1.29, 1.82) is 5.26 Å². The van der Waals surface area contributed by atoms with Crippen molar-refractivity contribution in [2.75, 3.05) is 33.3 Å². The molecule has 3 aliphatic heterocycles. The monoisotopic (exact) mass is 783 g/mol. The van der Waals surface area contributed by atoms with Gasteiger partial charge in [-0.15, -0.1) is 0 Å². The van der Waals surface area contributed by atoms with E-state index in [1.165, 1.54) is 7.11 Å². The molecular weight excluding hydrogens is 746 g/mol. The number of benzene rings is 3. The highest BCUT2D eigenvalue weighted by atomic mass is 19.4. The highest BCUT2D eigenvalue weighted by Gasteiger charge is 2.47. The maximum atomic E-state index is 16.6. The zero-order chi connectivity index (χ0) is 39.6. The van der Waals surface area contributed by atoms with E-state index in [0.29, 0.717) is 75.1 Å². The molecule has 4 aliphatic rings. The molecule has 294 valence electrons. The van der Waals surface area contributed by atoms with Crippen LogP contribution in [0.25, 0.3) is 33.7 Å². The van der Waals surface area contributed by atoms with Crippen molar-refractivity contribution in [3.8, 4) is 40.4 Å². The number of fused-ring (bicyclic) bond motifs is 2. The maximum Gasteiger partial charge on any atom is 0.438 e. The van der Waals surface area contributed by atoms with E-state index in [4.69, 9.17) is 13.9 Å². The van der Waals surface area contributed by atoms with Gasteiger partial charge in [0.2, 0.25) is 29.3 Å². The molecule has 3 aromatic carbocycles. The maximum absolute atomic E-state index is 16.6. The Morgan fingerprint density at radius 3 is 2.53 bits per heavy atom. The molecule has 0 bridgehead atoms. The van der Waals surface area contributed by atoms with Crippen molar-refractivity contribution in [3.63, 3.8) is 0 Å². The number of aromatic nitrogens is 3. The molecule has 12 nitrogen and oxygen atoms in total. The Morgan fingerprint density at radius 1 is 1.02 bits per heavy atom. The number of nitrogens with one attached hydrogen (secondary N) is 1. The number of nitrogens with zero attached hydrogens (tertiary/aromatic N) is 6. The number of hydrogen-bond acceptors (Lipinski definition) is 11. The number of ether oxygens (including phenoxy) is 2. The van der Waals surface area contributed by atoms with Crippen molar-refractivity contribution in [3.05, 3.63) is 88.0 Å². The lowest BCUT2D eigenvalue weighted by molar-refractivity contribution is -0.143. The fraction of sp³-hybridized carbons (Fsp3) is 0.390. The van der Waals surface area contributed by atoms with Gasteiger partial charge in [0.25, 0.3) is 0 Å². The topological polar surface area (TPSA) is 150 Å². The number of amides is 1. The van der Waals surface area contributed by atoms with Crippen LogP contribution in [0.1, 0.15) is 65.4 Å². The zero-order valence-corrected chi connectivity index (χ0v) is 30.8. The second kappa shape index (κ2) is 14.1. The molecule has 0 unspecified atom stereocenters. The first-order chi connectivity index (χ1) is 27.4. The van der Waals surface area contributed by atoms with Crippen molar-refractivity contribution >= 4 is 17.0 Å². The van der Waals surface area contributed by atoms with Crippen LogP contribution in [0.3, 0.4) is 0 Å². The zero-order valence-electron chi connectivity index (χ0n) is 30.8. The van der Waals surface area contributed by atoms with E-state index in [9.17, 15) is 28.3 Å². The van der Waals surface area contributed by atoms with Crippen LogP contribution in [-0.4, -0.2) is 80.7 Å². The van der Waals surface area contributed by atoms with Crippen LogP contribution >= 0.6 is 0 Å². The van der Waals surface area contributed by atoms with Gasteiger partial charge >= 0.3 is 6.18 Å². The van der Waals surface area contributed by atoms with Gasteiger partial charge in [-0.05, 0) is 66.1 Å². The number of aliphatic hydroxyl groups is 1. The lowest BCUT2D eigenvalue weighted by atomic mass is 9.88. The van der Waals surface area contributed by atoms with Gasteiger partial charge in [-0.25, -0.2) is 14.4 Å². The number of oxazole rings is 1. The average molecular weight is 784 g/mol. The summed E-state index contributed by atoms with van der Waals surface area (Å²) in [5.41, 5.74) is 2.48. The number of carbonyl (C=O) groups is 1. The first-order valence-electron chi connectivity index (χ1n) is 18.8. The largest absolute Gasteiger partial charge is 0.480 e. The lowest BCUT2D eigenvalue weighted by Crippen LogP contribution is -2.66. The summed E-state index contributed by atoms with van der Waals surface area (Å²) < 4.78 is 77.2. The summed E-state index contributed by atoms with van der Waals surface area (Å²) >= 11 is 0. The molecule has 2 aromatic heterocycles. The van der Waals surface area contributed by atoms with Crippen LogP contribution in [0.2, 0.25) is 0 Å². The fourth-order valence-corrected chi connectivity index (χ4v) is 8.74. The number of aliphatic hydroxyl groups excluding tert-OH is 1. The van der Waals surface area contributed by atoms with Crippen LogP contribution in [0.5, 0.6) is 11.8 Å². The third-order valence-electron chi connectivity index (χ3n) is 11.3. The third-order valence-corrected chi connectivity index (χ3v) is 11.3. The number of alkyl halides is 3. The summed E-state index contributed by atoms with van der Waals surface area (Å²) in [5.74, 6) is -1.36. The summed E-state index contributed by atoms with van der Waals surface area (Å²) in [6.07, 6.45) is -3.75. The number of nitriles is 1. The molecular formula is C41H37F4N7O5. The molecule has 1 spiro atoms. The molecule has 5 aromatic rings. The smallest absolute Gasteiger partial charge is 0.438 e. The van der Waals surface area contributed by atoms with Gasteiger partial charge in [-0.2, -0.15) is 23.4 Å². The predicted octanol–water partition coefficient (Wildman–Crippen LogP) is 6.09. The molecule has 0 radical (unpaired) electrons. The van der Waals surface area contributed by atoms with Gasteiger partial charge in [0.15, 0.2) is 5.58 Å². The Hall–Kier alpha value is -5.63. The molecule has 2 N–H and O–H groups in total. The van der Waals surface area contributed by atoms with Gasteiger partial charge in [-0.1, -0.05) is 30.3 Å². The highest BCUT2D eigenvalue weighted by Crippen LogP contribution is 2.44. The van der Waals surface area contributed by atoms with Crippen molar-refractivity contribution in [1.82, 2.24) is 30.1 Å². The molecule has 16 heteroatoms. The molecule has 5 heterocycles. The van der Waals surface area contributed by atoms with E-state index >= 15 is 4.39 Å². The van der Waals surface area contributed by atoms with Crippen LogP contribution in [0, 0.1) is 17.1 Å². The molecule has 1 aliphatic carbocycles. The van der Waals surface area contributed by atoms with Gasteiger partial charge < -0.3 is 24.3 Å². The van der Waals surface area contributed by atoms with Gasteiger partial charge in [0, 0.05) is 51.3 Å². The Morgan fingerprint density at radius 2 is 1.81 bits per heavy atom. The Bertz CT molecular complexity index is 2460. The molecule has 3 saturated heterocycles. The fourth-order valence-electron chi connectivity index (χ4n) is 8.74. The van der Waals surface area contributed by atoms with E-state index in [0.717, 1.165) is 17.5 Å². The van der Waals surface area contributed by atoms with Gasteiger partial charge in [-0.3, -0.25) is 14.6 Å². The van der Waals surface area contributed by atoms with E-state index < -0.39 is 35.8 Å². The summed E-state index contributed by atoms with van der Waals surface area (Å²) in [4.78, 5) is 28.4.